The van der Waals surface area contributed by atoms with Gasteiger partial charge in [0, 0.05) is 18.7 Å². The van der Waals surface area contributed by atoms with E-state index in [9.17, 15) is 19.2 Å². The first-order valence-corrected chi connectivity index (χ1v) is 15.4. The molecule has 0 aliphatic heterocycles. The van der Waals surface area contributed by atoms with E-state index in [2.05, 4.69) is 24.1 Å². The third-order valence-corrected chi connectivity index (χ3v) is 7.21. The summed E-state index contributed by atoms with van der Waals surface area (Å²) < 4.78 is 5.43. The number of nitrogens with two attached hydrogens (primary N) is 1. The van der Waals surface area contributed by atoms with Crippen LogP contribution in [-0.2, 0) is 19.1 Å². The standard InChI is InChI=1S/C35H50N4O5/c1-8-10-11-12-13-22-39(33(42)28(20-21-29(36)40)37-34(43)44-35(5,6)7)31(27-19-15-18-26(9-2)23-27)32(41)38-30-24(3)16-14-17-25(30)4/h9,14-19,23,28,31H,2,8,10-13,20-22H2,1,3-7H3,(H2,36,40)(H,37,43)(H,38,41). The first-order chi connectivity index (χ1) is 20.8. The molecule has 0 fully saturated rings. The quantitative estimate of drug-likeness (QED) is 0.186. The predicted octanol–water partition coefficient (Wildman–Crippen LogP) is 6.58. The molecule has 0 heterocycles. The van der Waals surface area contributed by atoms with E-state index in [1.54, 1.807) is 32.9 Å². The van der Waals surface area contributed by atoms with Gasteiger partial charge in [0.1, 0.15) is 17.7 Å². The minimum atomic E-state index is -1.15. The number of unbranched alkanes of at least 4 members (excludes halogenated alkanes) is 4. The Labute approximate surface area is 262 Å². The maximum atomic E-state index is 14.4. The minimum Gasteiger partial charge on any atom is -0.444 e. The highest BCUT2D eigenvalue weighted by atomic mass is 16.6. The van der Waals surface area contributed by atoms with Gasteiger partial charge in [-0.3, -0.25) is 14.4 Å². The molecule has 44 heavy (non-hydrogen) atoms. The normalized spacial score (nSPS) is 12.5. The van der Waals surface area contributed by atoms with Crippen molar-refractivity contribution in [3.63, 3.8) is 0 Å². The van der Waals surface area contributed by atoms with Gasteiger partial charge in [-0.25, -0.2) is 4.79 Å². The zero-order valence-corrected chi connectivity index (χ0v) is 27.2. The van der Waals surface area contributed by atoms with Crippen molar-refractivity contribution >= 4 is 35.6 Å². The molecule has 9 nitrogen and oxygen atoms in total. The molecule has 0 aliphatic carbocycles. The molecule has 9 heteroatoms. The number of benzene rings is 2. The number of nitrogens with one attached hydrogen (secondary N) is 2. The van der Waals surface area contributed by atoms with Gasteiger partial charge in [-0.15, -0.1) is 0 Å². The molecular weight excluding hydrogens is 556 g/mol. The van der Waals surface area contributed by atoms with Crippen LogP contribution in [0, 0.1) is 13.8 Å². The van der Waals surface area contributed by atoms with Crippen LogP contribution in [0.5, 0.6) is 0 Å². The molecule has 0 saturated carbocycles. The lowest BCUT2D eigenvalue weighted by Gasteiger charge is -2.35. The van der Waals surface area contributed by atoms with Gasteiger partial charge >= 0.3 is 6.09 Å². The molecule has 2 aromatic rings. The Bertz CT molecular complexity index is 1280. The van der Waals surface area contributed by atoms with E-state index in [1.165, 1.54) is 4.90 Å². The zero-order chi connectivity index (χ0) is 32.9. The lowest BCUT2D eigenvalue weighted by Crippen LogP contribution is -2.53. The average Bonchev–Trinajstić information content (AvgIpc) is 2.95. The second-order valence-corrected chi connectivity index (χ2v) is 12.2. The maximum absolute atomic E-state index is 14.4. The van der Waals surface area contributed by atoms with E-state index in [1.807, 2.05) is 50.2 Å². The van der Waals surface area contributed by atoms with Gasteiger partial charge in [0.25, 0.3) is 5.91 Å². The van der Waals surface area contributed by atoms with Crippen LogP contribution >= 0.6 is 0 Å². The molecular formula is C35H50N4O5. The molecule has 4 N–H and O–H groups in total. The summed E-state index contributed by atoms with van der Waals surface area (Å²) in [6.45, 7) is 15.2. The smallest absolute Gasteiger partial charge is 0.408 e. The van der Waals surface area contributed by atoms with Crippen LogP contribution in [0.2, 0.25) is 0 Å². The van der Waals surface area contributed by atoms with Crippen molar-refractivity contribution in [3.8, 4) is 0 Å². The summed E-state index contributed by atoms with van der Waals surface area (Å²) in [5.41, 5.74) is 8.48. The predicted molar refractivity (Wildman–Crippen MR) is 176 cm³/mol. The van der Waals surface area contributed by atoms with Crippen LogP contribution < -0.4 is 16.4 Å². The fourth-order valence-corrected chi connectivity index (χ4v) is 4.98. The molecule has 2 unspecified atom stereocenters. The number of rotatable bonds is 16. The molecule has 0 radical (unpaired) electrons. The highest BCUT2D eigenvalue weighted by molar-refractivity contribution is 6.00. The van der Waals surface area contributed by atoms with Crippen molar-refractivity contribution < 1.29 is 23.9 Å². The fourth-order valence-electron chi connectivity index (χ4n) is 4.98. The molecule has 2 rings (SSSR count). The molecule has 0 spiro atoms. The molecule has 0 saturated heterocycles. The third kappa shape index (κ3) is 11.5. The van der Waals surface area contributed by atoms with Crippen LogP contribution in [0.3, 0.4) is 0 Å². The van der Waals surface area contributed by atoms with Crippen LogP contribution in [0.1, 0.15) is 101 Å². The topological polar surface area (TPSA) is 131 Å². The number of carbonyl (C=O) groups is 4. The van der Waals surface area contributed by atoms with Crippen molar-refractivity contribution in [1.82, 2.24) is 10.2 Å². The number of alkyl carbamates (subject to hydrolysis) is 1. The van der Waals surface area contributed by atoms with Gasteiger partial charge in [0.05, 0.1) is 0 Å². The number of ether oxygens (including phenoxy) is 1. The summed E-state index contributed by atoms with van der Waals surface area (Å²) in [6, 6.07) is 10.9. The van der Waals surface area contributed by atoms with Gasteiger partial charge < -0.3 is 26.0 Å². The Hall–Kier alpha value is -4.14. The largest absolute Gasteiger partial charge is 0.444 e. The maximum Gasteiger partial charge on any atom is 0.408 e. The zero-order valence-electron chi connectivity index (χ0n) is 27.2. The monoisotopic (exact) mass is 606 g/mol. The first kappa shape index (κ1) is 36.1. The van der Waals surface area contributed by atoms with E-state index in [4.69, 9.17) is 10.5 Å². The number of anilines is 1. The van der Waals surface area contributed by atoms with Gasteiger partial charge in [-0.1, -0.05) is 81.7 Å². The van der Waals surface area contributed by atoms with Gasteiger partial charge in [-0.05, 0) is 75.8 Å². The number of carbonyl (C=O) groups excluding carboxylic acids is 4. The van der Waals surface area contributed by atoms with Crippen molar-refractivity contribution in [1.29, 1.82) is 0 Å². The summed E-state index contributed by atoms with van der Waals surface area (Å²) in [4.78, 5) is 54.8. The number of aryl methyl sites for hydroxylation is 2. The lowest BCUT2D eigenvalue weighted by atomic mass is 9.98. The number of hydrogen-bond acceptors (Lipinski definition) is 5. The lowest BCUT2D eigenvalue weighted by molar-refractivity contribution is -0.141. The highest BCUT2D eigenvalue weighted by Gasteiger charge is 2.36. The Morgan fingerprint density at radius 1 is 1.00 bits per heavy atom. The molecule has 0 aliphatic rings. The summed E-state index contributed by atoms with van der Waals surface area (Å²) in [7, 11) is 0. The van der Waals surface area contributed by atoms with Crippen molar-refractivity contribution in [2.24, 2.45) is 5.73 Å². The Kier molecular flexibility index (Phi) is 14.1. The van der Waals surface area contributed by atoms with Crippen LogP contribution in [0.25, 0.3) is 6.08 Å². The number of nitrogens with zero attached hydrogens (tertiary/aromatic N) is 1. The minimum absolute atomic E-state index is 0.0440. The second kappa shape index (κ2) is 17.2. The van der Waals surface area contributed by atoms with E-state index >= 15 is 0 Å². The number of amides is 4. The summed E-state index contributed by atoms with van der Waals surface area (Å²) in [6.07, 6.45) is 5.33. The number of hydrogen-bond donors (Lipinski definition) is 3. The molecule has 2 atom stereocenters. The Balaban J connectivity index is 2.62. The Morgan fingerprint density at radius 2 is 1.64 bits per heavy atom. The van der Waals surface area contributed by atoms with Crippen molar-refractivity contribution in [2.45, 2.75) is 104 Å². The van der Waals surface area contributed by atoms with E-state index < -0.39 is 41.5 Å². The third-order valence-electron chi connectivity index (χ3n) is 7.21. The van der Waals surface area contributed by atoms with Crippen molar-refractivity contribution in [2.75, 3.05) is 11.9 Å². The van der Waals surface area contributed by atoms with E-state index in [0.29, 0.717) is 17.7 Å². The first-order valence-electron chi connectivity index (χ1n) is 15.4. The molecule has 0 bridgehead atoms. The van der Waals surface area contributed by atoms with E-state index in [-0.39, 0.29) is 19.4 Å². The van der Waals surface area contributed by atoms with Crippen molar-refractivity contribution in [3.05, 3.63) is 71.3 Å². The molecule has 240 valence electrons. The van der Waals surface area contributed by atoms with E-state index in [0.717, 1.165) is 42.4 Å². The fraction of sp³-hybridized carbons (Fsp3) is 0.486. The average molecular weight is 607 g/mol. The number of para-hydroxylation sites is 1. The SMILES string of the molecule is C=Cc1cccc(C(C(=O)Nc2c(C)cccc2C)N(CCCCCCC)C(=O)C(CCC(N)=O)NC(=O)OC(C)(C)C)c1. The summed E-state index contributed by atoms with van der Waals surface area (Å²) >= 11 is 0. The van der Waals surface area contributed by atoms with Crippen LogP contribution in [-0.4, -0.2) is 46.9 Å². The molecule has 2 aromatic carbocycles. The van der Waals surface area contributed by atoms with Gasteiger partial charge in [-0.2, -0.15) is 0 Å². The van der Waals surface area contributed by atoms with Gasteiger partial charge in [0.15, 0.2) is 0 Å². The highest BCUT2D eigenvalue weighted by Crippen LogP contribution is 2.29. The van der Waals surface area contributed by atoms with Crippen LogP contribution in [0.15, 0.2) is 49.0 Å². The summed E-state index contributed by atoms with van der Waals surface area (Å²) in [5.74, 6) is -1.50. The van der Waals surface area contributed by atoms with Crippen LogP contribution in [0.4, 0.5) is 10.5 Å². The molecule has 0 aromatic heterocycles. The molecule has 4 amide bonds. The second-order valence-electron chi connectivity index (χ2n) is 12.2. The summed E-state index contributed by atoms with van der Waals surface area (Å²) in [5, 5.41) is 5.72. The number of primary amides is 1. The Morgan fingerprint density at radius 3 is 2.23 bits per heavy atom. The van der Waals surface area contributed by atoms with Gasteiger partial charge in [0.2, 0.25) is 11.8 Å².